The van der Waals surface area contributed by atoms with Crippen LogP contribution in [0.5, 0.6) is 5.75 Å². The van der Waals surface area contributed by atoms with E-state index in [-0.39, 0.29) is 18.3 Å². The van der Waals surface area contributed by atoms with Crippen molar-refractivity contribution in [2.24, 2.45) is 0 Å². The number of hydrogen-bond acceptors (Lipinski definition) is 4. The lowest BCUT2D eigenvalue weighted by atomic mass is 10.0. The molecule has 3 aromatic rings. The SMILES string of the molecule is Cc1cc(=O)oc2cc(OCC(=O)Nc3cccc(C(C)C)c3)c(Cl)cc12. The molecule has 0 saturated heterocycles. The zero-order chi connectivity index (χ0) is 19.6. The fourth-order valence-electron chi connectivity index (χ4n) is 2.75. The first-order valence-electron chi connectivity index (χ1n) is 8.60. The van der Waals surface area contributed by atoms with Crippen molar-refractivity contribution in [2.45, 2.75) is 26.7 Å². The topological polar surface area (TPSA) is 68.5 Å². The maximum atomic E-state index is 12.2. The molecule has 0 unspecified atom stereocenters. The van der Waals surface area contributed by atoms with E-state index in [9.17, 15) is 9.59 Å². The van der Waals surface area contributed by atoms with E-state index in [1.807, 2.05) is 24.3 Å². The first-order valence-corrected chi connectivity index (χ1v) is 8.98. The van der Waals surface area contributed by atoms with E-state index in [1.54, 1.807) is 13.0 Å². The Morgan fingerprint density at radius 3 is 2.74 bits per heavy atom. The van der Waals surface area contributed by atoms with Crippen LogP contribution >= 0.6 is 11.6 Å². The normalized spacial score (nSPS) is 11.0. The third-order valence-corrected chi connectivity index (χ3v) is 4.50. The van der Waals surface area contributed by atoms with Gasteiger partial charge in [-0.1, -0.05) is 37.6 Å². The minimum Gasteiger partial charge on any atom is -0.482 e. The van der Waals surface area contributed by atoms with Crippen LogP contribution < -0.4 is 15.7 Å². The van der Waals surface area contributed by atoms with Crippen LogP contribution in [0.25, 0.3) is 11.0 Å². The van der Waals surface area contributed by atoms with Crippen molar-refractivity contribution in [1.29, 1.82) is 0 Å². The quantitative estimate of drug-likeness (QED) is 0.634. The van der Waals surface area contributed by atoms with Crippen LogP contribution in [-0.2, 0) is 4.79 Å². The lowest BCUT2D eigenvalue weighted by Gasteiger charge is -2.11. The molecule has 6 heteroatoms. The molecule has 0 bridgehead atoms. The zero-order valence-electron chi connectivity index (χ0n) is 15.3. The van der Waals surface area contributed by atoms with Gasteiger partial charge in [0.1, 0.15) is 11.3 Å². The van der Waals surface area contributed by atoms with Crippen molar-refractivity contribution >= 4 is 34.2 Å². The van der Waals surface area contributed by atoms with Crippen LogP contribution in [0.3, 0.4) is 0 Å². The number of benzene rings is 2. The number of amides is 1. The number of aryl methyl sites for hydroxylation is 1. The van der Waals surface area contributed by atoms with Gasteiger partial charge in [-0.25, -0.2) is 4.79 Å². The molecule has 0 aliphatic heterocycles. The second kappa shape index (κ2) is 7.84. The van der Waals surface area contributed by atoms with Gasteiger partial charge in [-0.05, 0) is 42.2 Å². The molecule has 2 aromatic carbocycles. The largest absolute Gasteiger partial charge is 0.482 e. The fourth-order valence-corrected chi connectivity index (χ4v) is 2.96. The van der Waals surface area contributed by atoms with Gasteiger partial charge in [-0.3, -0.25) is 4.79 Å². The molecule has 140 valence electrons. The van der Waals surface area contributed by atoms with Crippen LogP contribution in [0.1, 0.15) is 30.9 Å². The van der Waals surface area contributed by atoms with Crippen LogP contribution in [0.2, 0.25) is 5.02 Å². The van der Waals surface area contributed by atoms with Crippen molar-refractivity contribution in [3.8, 4) is 5.75 Å². The predicted molar refractivity (Wildman–Crippen MR) is 107 cm³/mol. The number of hydrogen-bond donors (Lipinski definition) is 1. The third-order valence-electron chi connectivity index (χ3n) is 4.20. The zero-order valence-corrected chi connectivity index (χ0v) is 16.1. The van der Waals surface area contributed by atoms with Crippen LogP contribution in [0, 0.1) is 6.92 Å². The summed E-state index contributed by atoms with van der Waals surface area (Å²) in [4.78, 5) is 23.7. The highest BCUT2D eigenvalue weighted by atomic mass is 35.5. The van der Waals surface area contributed by atoms with Gasteiger partial charge < -0.3 is 14.5 Å². The van der Waals surface area contributed by atoms with Crippen LogP contribution in [0.15, 0.2) is 51.7 Å². The second-order valence-electron chi connectivity index (χ2n) is 6.64. The van der Waals surface area contributed by atoms with Crippen LogP contribution in [-0.4, -0.2) is 12.5 Å². The van der Waals surface area contributed by atoms with E-state index in [0.29, 0.717) is 22.2 Å². The number of carbonyl (C=O) groups excluding carboxylic acids is 1. The lowest BCUT2D eigenvalue weighted by molar-refractivity contribution is -0.118. The van der Waals surface area contributed by atoms with E-state index < -0.39 is 5.63 Å². The Hall–Kier alpha value is -2.79. The molecule has 0 saturated carbocycles. The summed E-state index contributed by atoms with van der Waals surface area (Å²) in [5.41, 5.74) is 2.52. The van der Waals surface area contributed by atoms with E-state index in [2.05, 4.69) is 19.2 Å². The monoisotopic (exact) mass is 385 g/mol. The predicted octanol–water partition coefficient (Wildman–Crippen LogP) is 4.90. The molecular weight excluding hydrogens is 366 g/mol. The molecule has 1 heterocycles. The summed E-state index contributed by atoms with van der Waals surface area (Å²) in [6.45, 7) is 5.76. The Labute approximate surface area is 161 Å². The van der Waals surface area contributed by atoms with E-state index in [1.165, 1.54) is 12.1 Å². The molecule has 1 N–H and O–H groups in total. The number of fused-ring (bicyclic) bond motifs is 1. The van der Waals surface area contributed by atoms with Crippen LogP contribution in [0.4, 0.5) is 5.69 Å². The molecular formula is C21H20ClNO4. The standard InChI is InChI=1S/C21H20ClNO4/c1-12(2)14-5-4-6-15(8-14)23-20(24)11-26-19-10-18-16(9-17(19)22)13(3)7-21(25)27-18/h4-10,12H,11H2,1-3H3,(H,23,24). The Morgan fingerprint density at radius 2 is 2.00 bits per heavy atom. The molecule has 1 amide bonds. The van der Waals surface area contributed by atoms with Crippen molar-refractivity contribution in [3.05, 3.63) is 69.0 Å². The highest BCUT2D eigenvalue weighted by Crippen LogP contribution is 2.31. The van der Waals surface area contributed by atoms with Gasteiger partial charge in [0, 0.05) is 23.2 Å². The average Bonchev–Trinajstić information content (AvgIpc) is 2.61. The average molecular weight is 386 g/mol. The molecule has 0 aliphatic carbocycles. The molecule has 0 fully saturated rings. The summed E-state index contributed by atoms with van der Waals surface area (Å²) < 4.78 is 10.7. The number of anilines is 1. The lowest BCUT2D eigenvalue weighted by Crippen LogP contribution is -2.20. The van der Waals surface area contributed by atoms with Gasteiger partial charge in [-0.2, -0.15) is 0 Å². The first-order chi connectivity index (χ1) is 12.8. The van der Waals surface area contributed by atoms with Gasteiger partial charge in [0.15, 0.2) is 6.61 Å². The molecule has 0 radical (unpaired) electrons. The number of nitrogens with one attached hydrogen (secondary N) is 1. The Balaban J connectivity index is 1.72. The van der Waals surface area contributed by atoms with E-state index >= 15 is 0 Å². The molecule has 27 heavy (non-hydrogen) atoms. The second-order valence-corrected chi connectivity index (χ2v) is 7.05. The summed E-state index contributed by atoms with van der Waals surface area (Å²) in [5, 5.41) is 3.87. The maximum Gasteiger partial charge on any atom is 0.336 e. The minimum absolute atomic E-state index is 0.215. The number of rotatable bonds is 5. The number of carbonyl (C=O) groups is 1. The molecule has 0 spiro atoms. The highest BCUT2D eigenvalue weighted by Gasteiger charge is 2.11. The van der Waals surface area contributed by atoms with E-state index in [4.69, 9.17) is 20.8 Å². The Kier molecular flexibility index (Phi) is 5.51. The van der Waals surface area contributed by atoms with Gasteiger partial charge in [-0.15, -0.1) is 0 Å². The molecule has 5 nitrogen and oxygen atoms in total. The summed E-state index contributed by atoms with van der Waals surface area (Å²) in [6.07, 6.45) is 0. The minimum atomic E-state index is -0.448. The van der Waals surface area contributed by atoms with Gasteiger partial charge >= 0.3 is 5.63 Å². The highest BCUT2D eigenvalue weighted by molar-refractivity contribution is 6.32. The van der Waals surface area contributed by atoms with Crippen molar-refractivity contribution in [3.63, 3.8) is 0 Å². The Bertz CT molecular complexity index is 1060. The summed E-state index contributed by atoms with van der Waals surface area (Å²) in [5.74, 6) is 0.342. The van der Waals surface area contributed by atoms with E-state index in [0.717, 1.165) is 16.5 Å². The smallest absolute Gasteiger partial charge is 0.336 e. The van der Waals surface area contributed by atoms with Gasteiger partial charge in [0.2, 0.25) is 0 Å². The fraction of sp³-hybridized carbons (Fsp3) is 0.238. The molecule has 0 atom stereocenters. The van der Waals surface area contributed by atoms with Gasteiger partial charge in [0.05, 0.1) is 5.02 Å². The molecule has 0 aliphatic rings. The summed E-state index contributed by atoms with van der Waals surface area (Å²) >= 11 is 6.24. The molecule has 1 aromatic heterocycles. The number of ether oxygens (including phenoxy) is 1. The first kappa shape index (κ1) is 19.0. The third kappa shape index (κ3) is 4.49. The summed E-state index contributed by atoms with van der Waals surface area (Å²) in [6, 6.07) is 12.3. The Morgan fingerprint density at radius 1 is 1.22 bits per heavy atom. The van der Waals surface area contributed by atoms with Crippen molar-refractivity contribution < 1.29 is 13.9 Å². The van der Waals surface area contributed by atoms with Gasteiger partial charge in [0.25, 0.3) is 5.91 Å². The summed E-state index contributed by atoms with van der Waals surface area (Å²) in [7, 11) is 0. The molecule has 3 rings (SSSR count). The van der Waals surface area contributed by atoms with Crippen molar-refractivity contribution in [1.82, 2.24) is 0 Å². The number of halogens is 1. The van der Waals surface area contributed by atoms with Crippen molar-refractivity contribution in [2.75, 3.05) is 11.9 Å². The maximum absolute atomic E-state index is 12.2.